The molecule has 0 aromatic rings. The fourth-order valence-corrected chi connectivity index (χ4v) is 4.59. The lowest BCUT2D eigenvalue weighted by Crippen LogP contribution is -2.48. The normalized spacial score (nSPS) is 31.4. The minimum absolute atomic E-state index is 0.0467. The van der Waals surface area contributed by atoms with Crippen molar-refractivity contribution in [3.63, 3.8) is 0 Å². The van der Waals surface area contributed by atoms with Crippen LogP contribution >= 0.6 is 0 Å². The minimum atomic E-state index is -0.553. The highest BCUT2D eigenvalue weighted by Crippen LogP contribution is 2.39. The van der Waals surface area contributed by atoms with Gasteiger partial charge in [-0.15, -0.1) is 0 Å². The van der Waals surface area contributed by atoms with Crippen molar-refractivity contribution in [3.05, 3.63) is 0 Å². The Labute approximate surface area is 156 Å². The van der Waals surface area contributed by atoms with Crippen LogP contribution in [0.2, 0.25) is 0 Å². The molecule has 25 heavy (non-hydrogen) atoms. The third kappa shape index (κ3) is 7.97. The average Bonchev–Trinajstić information content (AvgIpc) is 2.54. The van der Waals surface area contributed by atoms with Crippen LogP contribution < -0.4 is 0 Å². The lowest BCUT2D eigenvalue weighted by atomic mass is 9.67. The van der Waals surface area contributed by atoms with Gasteiger partial charge in [-0.3, -0.25) is 0 Å². The fraction of sp³-hybridized carbons (Fsp3) is 1.00. The van der Waals surface area contributed by atoms with Crippen molar-refractivity contribution in [1.29, 1.82) is 0 Å². The summed E-state index contributed by atoms with van der Waals surface area (Å²) in [6.45, 7) is 9.06. The third-order valence-corrected chi connectivity index (χ3v) is 6.38. The van der Waals surface area contributed by atoms with Gasteiger partial charge in [-0.05, 0) is 37.0 Å². The number of unbranched alkanes of at least 4 members (excludes halogenated alkanes) is 2. The molecule has 0 aliphatic heterocycles. The summed E-state index contributed by atoms with van der Waals surface area (Å²) in [5.41, 5.74) is 0. The zero-order chi connectivity index (χ0) is 18.8. The molecule has 150 valence electrons. The summed E-state index contributed by atoms with van der Waals surface area (Å²) in [5, 5.41) is 31.2. The van der Waals surface area contributed by atoms with Gasteiger partial charge in [0.25, 0.3) is 0 Å². The second-order valence-corrected chi connectivity index (χ2v) is 9.07. The predicted molar refractivity (Wildman–Crippen MR) is 105 cm³/mol. The lowest BCUT2D eigenvalue weighted by Gasteiger charge is -2.43. The maximum Gasteiger partial charge on any atom is 0.0645 e. The van der Waals surface area contributed by atoms with Crippen LogP contribution in [-0.2, 0) is 0 Å². The molecule has 1 aliphatic carbocycles. The molecule has 0 bridgehead atoms. The van der Waals surface area contributed by atoms with Gasteiger partial charge >= 0.3 is 0 Å². The molecule has 1 rings (SSSR count). The molecular weight excluding hydrogens is 312 g/mol. The van der Waals surface area contributed by atoms with E-state index in [4.69, 9.17) is 0 Å². The van der Waals surface area contributed by atoms with Crippen LogP contribution in [0.5, 0.6) is 0 Å². The van der Waals surface area contributed by atoms with Crippen molar-refractivity contribution in [2.24, 2.45) is 29.6 Å². The first-order chi connectivity index (χ1) is 11.9. The van der Waals surface area contributed by atoms with Gasteiger partial charge in [0.05, 0.1) is 12.2 Å². The molecule has 1 saturated carbocycles. The molecule has 3 N–H and O–H groups in total. The smallest absolute Gasteiger partial charge is 0.0645 e. The van der Waals surface area contributed by atoms with Crippen molar-refractivity contribution >= 4 is 0 Å². The van der Waals surface area contributed by atoms with Gasteiger partial charge in [0.2, 0.25) is 0 Å². The van der Waals surface area contributed by atoms with E-state index in [1.165, 1.54) is 32.1 Å². The molecule has 1 aliphatic rings. The van der Waals surface area contributed by atoms with E-state index in [2.05, 4.69) is 27.7 Å². The zero-order valence-electron chi connectivity index (χ0n) is 17.2. The van der Waals surface area contributed by atoms with Crippen molar-refractivity contribution in [2.75, 3.05) is 6.61 Å². The molecule has 1 fully saturated rings. The van der Waals surface area contributed by atoms with Crippen molar-refractivity contribution in [1.82, 2.24) is 0 Å². The molecule has 3 heteroatoms. The third-order valence-electron chi connectivity index (χ3n) is 6.38. The van der Waals surface area contributed by atoms with E-state index in [-0.39, 0.29) is 24.4 Å². The quantitative estimate of drug-likeness (QED) is 0.441. The monoisotopic (exact) mass is 356 g/mol. The van der Waals surface area contributed by atoms with Crippen LogP contribution in [0.25, 0.3) is 0 Å². The Balaban J connectivity index is 2.46. The number of hydrogen-bond donors (Lipinski definition) is 3. The van der Waals surface area contributed by atoms with E-state index in [0.717, 1.165) is 38.0 Å². The highest BCUT2D eigenvalue weighted by atomic mass is 16.3. The van der Waals surface area contributed by atoms with E-state index < -0.39 is 12.2 Å². The van der Waals surface area contributed by atoms with Gasteiger partial charge in [-0.2, -0.15) is 0 Å². The van der Waals surface area contributed by atoms with Gasteiger partial charge in [-0.25, -0.2) is 0 Å². The Hall–Kier alpha value is -0.120. The van der Waals surface area contributed by atoms with Gasteiger partial charge in [0.15, 0.2) is 0 Å². The Morgan fingerprint density at radius 3 is 2.20 bits per heavy atom. The van der Waals surface area contributed by atoms with E-state index in [9.17, 15) is 15.3 Å². The second kappa shape index (κ2) is 12.3. The van der Waals surface area contributed by atoms with Gasteiger partial charge in [0, 0.05) is 18.4 Å². The largest absolute Gasteiger partial charge is 0.396 e. The van der Waals surface area contributed by atoms with Gasteiger partial charge in [-0.1, -0.05) is 72.6 Å². The maximum atomic E-state index is 10.8. The number of aliphatic hydroxyl groups is 3. The highest BCUT2D eigenvalue weighted by molar-refractivity contribution is 4.92. The standard InChI is InChI=1S/C22H44O3/c1-5-6-7-11-18-14-21(24)19(22(25)20(18)15-23)13-12-17(4)10-8-9-16(2)3/h16-25H,5-15H2,1-4H3. The Morgan fingerprint density at radius 1 is 0.880 bits per heavy atom. The van der Waals surface area contributed by atoms with Crippen LogP contribution in [-0.4, -0.2) is 34.1 Å². The Morgan fingerprint density at radius 2 is 1.60 bits per heavy atom. The minimum Gasteiger partial charge on any atom is -0.396 e. The first-order valence-corrected chi connectivity index (χ1v) is 10.9. The molecule has 0 aromatic heterocycles. The van der Waals surface area contributed by atoms with Gasteiger partial charge < -0.3 is 15.3 Å². The molecule has 0 amide bonds. The molecule has 6 unspecified atom stereocenters. The van der Waals surface area contributed by atoms with Crippen LogP contribution in [0, 0.1) is 29.6 Å². The summed E-state index contributed by atoms with van der Waals surface area (Å²) in [6, 6.07) is 0. The van der Waals surface area contributed by atoms with Crippen molar-refractivity contribution in [3.8, 4) is 0 Å². The summed E-state index contributed by atoms with van der Waals surface area (Å²) >= 11 is 0. The number of hydrogen-bond acceptors (Lipinski definition) is 3. The molecule has 0 spiro atoms. The summed E-state index contributed by atoms with van der Waals surface area (Å²) < 4.78 is 0. The van der Waals surface area contributed by atoms with Crippen molar-refractivity contribution < 1.29 is 15.3 Å². The summed E-state index contributed by atoms with van der Waals surface area (Å²) in [7, 11) is 0. The van der Waals surface area contributed by atoms with Crippen molar-refractivity contribution in [2.45, 2.75) is 104 Å². The van der Waals surface area contributed by atoms with Crippen LogP contribution in [0.3, 0.4) is 0 Å². The molecule has 0 saturated heterocycles. The number of rotatable bonds is 12. The zero-order valence-corrected chi connectivity index (χ0v) is 17.2. The molecule has 0 aromatic carbocycles. The van der Waals surface area contributed by atoms with Gasteiger partial charge in [0.1, 0.15) is 0 Å². The van der Waals surface area contributed by atoms with Crippen LogP contribution in [0.15, 0.2) is 0 Å². The SMILES string of the molecule is CCCCCC1CC(O)C(CCC(C)CCCC(C)C)C(O)C1CO. The molecule has 0 heterocycles. The fourth-order valence-electron chi connectivity index (χ4n) is 4.59. The summed E-state index contributed by atoms with van der Waals surface area (Å²) in [6.07, 6.45) is 10.0. The van der Waals surface area contributed by atoms with E-state index in [1.807, 2.05) is 0 Å². The molecule has 6 atom stereocenters. The topological polar surface area (TPSA) is 60.7 Å². The maximum absolute atomic E-state index is 10.8. The average molecular weight is 357 g/mol. The van der Waals surface area contributed by atoms with E-state index in [0.29, 0.717) is 5.92 Å². The Bertz CT molecular complexity index is 331. The highest BCUT2D eigenvalue weighted by Gasteiger charge is 2.42. The summed E-state index contributed by atoms with van der Waals surface area (Å²) in [5.74, 6) is 1.56. The Kier molecular flexibility index (Phi) is 11.3. The van der Waals surface area contributed by atoms with Crippen LogP contribution in [0.4, 0.5) is 0 Å². The first kappa shape index (κ1) is 22.9. The number of aliphatic hydroxyl groups excluding tert-OH is 3. The summed E-state index contributed by atoms with van der Waals surface area (Å²) in [4.78, 5) is 0. The van der Waals surface area contributed by atoms with Crippen LogP contribution in [0.1, 0.15) is 91.9 Å². The van der Waals surface area contributed by atoms with E-state index in [1.54, 1.807) is 0 Å². The second-order valence-electron chi connectivity index (χ2n) is 9.07. The lowest BCUT2D eigenvalue weighted by molar-refractivity contribution is -0.103. The molecule has 0 radical (unpaired) electrons. The predicted octanol–water partition coefficient (Wildman–Crippen LogP) is 4.78. The first-order valence-electron chi connectivity index (χ1n) is 10.9. The van der Waals surface area contributed by atoms with E-state index >= 15 is 0 Å². The molecular formula is C22H44O3. The molecule has 3 nitrogen and oxygen atoms in total.